The van der Waals surface area contributed by atoms with E-state index in [-0.39, 0.29) is 18.3 Å². The number of nitrogens with one attached hydrogen (secondary N) is 2. The number of aromatic amines is 1. The van der Waals surface area contributed by atoms with Crippen LogP contribution in [0.4, 0.5) is 5.69 Å². The summed E-state index contributed by atoms with van der Waals surface area (Å²) < 4.78 is 5.25. The first kappa shape index (κ1) is 22.0. The fourth-order valence-electron chi connectivity index (χ4n) is 3.50. The highest BCUT2D eigenvalue weighted by Crippen LogP contribution is 2.30. The molecule has 0 saturated heterocycles. The quantitative estimate of drug-likeness (QED) is 0.370. The van der Waals surface area contributed by atoms with Crippen molar-refractivity contribution in [1.82, 2.24) is 19.9 Å². The fourth-order valence-corrected chi connectivity index (χ4v) is 3.50. The lowest BCUT2D eigenvalue weighted by molar-refractivity contribution is 0.102. The maximum atomic E-state index is 12.7. The normalized spacial score (nSPS) is 10.5. The molecule has 2 aromatic carbocycles. The van der Waals surface area contributed by atoms with E-state index in [1.54, 1.807) is 50.0 Å². The van der Waals surface area contributed by atoms with Gasteiger partial charge in [-0.2, -0.15) is 0 Å². The van der Waals surface area contributed by atoms with E-state index in [0.29, 0.717) is 22.7 Å². The molecule has 0 bridgehead atoms. The van der Waals surface area contributed by atoms with E-state index in [9.17, 15) is 4.79 Å². The first-order valence-corrected chi connectivity index (χ1v) is 10.0. The third-order valence-corrected chi connectivity index (χ3v) is 5.10. The number of nitrogens with zero attached hydrogens (tertiary/aromatic N) is 3. The molecule has 3 heterocycles. The van der Waals surface area contributed by atoms with Crippen LogP contribution in [0.15, 0.2) is 85.3 Å². The molecular weight excluding hydrogens is 438 g/mol. The largest absolute Gasteiger partial charge is 0.497 e. The predicted octanol–water partition coefficient (Wildman–Crippen LogP) is 5.37. The van der Waals surface area contributed by atoms with Gasteiger partial charge in [-0.1, -0.05) is 24.3 Å². The molecule has 7 nitrogen and oxygen atoms in total. The number of H-pyrrole nitrogens is 1. The van der Waals surface area contributed by atoms with Crippen molar-refractivity contribution < 1.29 is 9.53 Å². The zero-order valence-electron chi connectivity index (χ0n) is 17.6. The highest BCUT2D eigenvalue weighted by atomic mass is 35.5. The number of fused-ring (bicyclic) bond motifs is 1. The van der Waals surface area contributed by atoms with Gasteiger partial charge in [0.1, 0.15) is 17.1 Å². The molecule has 0 saturated carbocycles. The van der Waals surface area contributed by atoms with Crippen LogP contribution in [0, 0.1) is 0 Å². The maximum absolute atomic E-state index is 12.7. The molecule has 5 aromatic rings. The number of rotatable bonds is 5. The van der Waals surface area contributed by atoms with E-state index >= 15 is 0 Å². The van der Waals surface area contributed by atoms with E-state index in [4.69, 9.17) is 9.72 Å². The minimum Gasteiger partial charge on any atom is -0.497 e. The summed E-state index contributed by atoms with van der Waals surface area (Å²) in [4.78, 5) is 29.2. The lowest BCUT2D eigenvalue weighted by atomic mass is 10.1. The molecule has 0 atom stereocenters. The van der Waals surface area contributed by atoms with Crippen LogP contribution in [-0.4, -0.2) is 33.0 Å². The number of aromatic nitrogens is 4. The highest BCUT2D eigenvalue weighted by Gasteiger charge is 2.13. The number of carbonyl (C=O) groups excluding carboxylic acids is 1. The van der Waals surface area contributed by atoms with Gasteiger partial charge in [0.2, 0.25) is 0 Å². The molecule has 0 fully saturated rings. The Morgan fingerprint density at radius 2 is 1.82 bits per heavy atom. The summed E-state index contributed by atoms with van der Waals surface area (Å²) in [6.07, 6.45) is 5.01. The van der Waals surface area contributed by atoms with Gasteiger partial charge >= 0.3 is 0 Å². The van der Waals surface area contributed by atoms with Gasteiger partial charge in [0, 0.05) is 29.1 Å². The second-order valence-electron chi connectivity index (χ2n) is 7.15. The average molecular weight is 458 g/mol. The van der Waals surface area contributed by atoms with Crippen LogP contribution in [0.2, 0.25) is 0 Å². The van der Waals surface area contributed by atoms with Crippen LogP contribution in [0.5, 0.6) is 5.75 Å². The van der Waals surface area contributed by atoms with Crippen molar-refractivity contribution in [2.75, 3.05) is 12.4 Å². The summed E-state index contributed by atoms with van der Waals surface area (Å²) in [5.74, 6) is 1.22. The third kappa shape index (κ3) is 4.53. The number of imidazole rings is 1. The summed E-state index contributed by atoms with van der Waals surface area (Å²) in [6, 6.07) is 20.6. The first-order valence-electron chi connectivity index (χ1n) is 10.0. The average Bonchev–Trinajstić information content (AvgIpc) is 3.29. The SMILES string of the molecule is COc1ccc(-c2ccnc3[nH]c(-c4cccc(C(=O)Nc5cccnc5)c4)nc23)cc1.Cl. The van der Waals surface area contributed by atoms with E-state index in [1.807, 2.05) is 42.5 Å². The van der Waals surface area contributed by atoms with Crippen molar-refractivity contribution in [3.05, 3.63) is 90.9 Å². The van der Waals surface area contributed by atoms with E-state index in [2.05, 4.69) is 20.3 Å². The third-order valence-electron chi connectivity index (χ3n) is 5.10. The van der Waals surface area contributed by atoms with Gasteiger partial charge in [0.05, 0.1) is 19.0 Å². The molecule has 3 aromatic heterocycles. The standard InChI is InChI=1S/C25H19N5O2.ClH/c1-32-20-9-7-16(8-10-20)21-11-13-27-24-22(21)29-23(30-24)17-4-2-5-18(14-17)25(31)28-19-6-3-12-26-15-19;/h2-15H,1H3,(H,28,31)(H,27,29,30);1H. The number of ether oxygens (including phenoxy) is 1. The van der Waals surface area contributed by atoms with Gasteiger partial charge in [-0.3, -0.25) is 9.78 Å². The van der Waals surface area contributed by atoms with Gasteiger partial charge in [0.15, 0.2) is 5.65 Å². The Kier molecular flexibility index (Phi) is 6.33. The molecule has 2 N–H and O–H groups in total. The summed E-state index contributed by atoms with van der Waals surface area (Å²) in [5.41, 5.74) is 5.38. The molecule has 0 aliphatic rings. The van der Waals surface area contributed by atoms with E-state index in [0.717, 1.165) is 28.0 Å². The molecule has 0 aliphatic heterocycles. The van der Waals surface area contributed by atoms with Gasteiger partial charge in [-0.15, -0.1) is 12.4 Å². The van der Waals surface area contributed by atoms with Crippen LogP contribution >= 0.6 is 12.4 Å². The number of methoxy groups -OCH3 is 1. The second-order valence-corrected chi connectivity index (χ2v) is 7.15. The molecule has 5 rings (SSSR count). The van der Waals surface area contributed by atoms with Crippen LogP contribution < -0.4 is 10.1 Å². The fraction of sp³-hybridized carbons (Fsp3) is 0.0400. The minimum atomic E-state index is -0.215. The summed E-state index contributed by atoms with van der Waals surface area (Å²) in [7, 11) is 1.64. The lowest BCUT2D eigenvalue weighted by Crippen LogP contribution is -2.11. The summed E-state index contributed by atoms with van der Waals surface area (Å²) >= 11 is 0. The topological polar surface area (TPSA) is 92.8 Å². The molecule has 33 heavy (non-hydrogen) atoms. The molecule has 0 radical (unpaired) electrons. The Morgan fingerprint density at radius 3 is 2.58 bits per heavy atom. The lowest BCUT2D eigenvalue weighted by Gasteiger charge is -2.05. The van der Waals surface area contributed by atoms with Gasteiger partial charge in [-0.25, -0.2) is 9.97 Å². The number of hydrogen-bond donors (Lipinski definition) is 2. The molecule has 0 spiro atoms. The second kappa shape index (κ2) is 9.50. The van der Waals surface area contributed by atoms with Crippen molar-refractivity contribution >= 4 is 35.2 Å². The molecule has 0 unspecified atom stereocenters. The van der Waals surface area contributed by atoms with Crippen LogP contribution in [0.1, 0.15) is 10.4 Å². The summed E-state index contributed by atoms with van der Waals surface area (Å²) in [5, 5.41) is 2.85. The number of hydrogen-bond acceptors (Lipinski definition) is 5. The van der Waals surface area contributed by atoms with E-state index in [1.165, 1.54) is 0 Å². The summed E-state index contributed by atoms with van der Waals surface area (Å²) in [6.45, 7) is 0. The number of amides is 1. The van der Waals surface area contributed by atoms with Crippen LogP contribution in [-0.2, 0) is 0 Å². The van der Waals surface area contributed by atoms with Crippen LogP contribution in [0.3, 0.4) is 0 Å². The number of halogens is 1. The van der Waals surface area contributed by atoms with Crippen molar-refractivity contribution in [3.8, 4) is 28.3 Å². The van der Waals surface area contributed by atoms with Crippen molar-refractivity contribution in [2.45, 2.75) is 0 Å². The maximum Gasteiger partial charge on any atom is 0.255 e. The van der Waals surface area contributed by atoms with Crippen LogP contribution in [0.25, 0.3) is 33.7 Å². The van der Waals surface area contributed by atoms with Crippen molar-refractivity contribution in [2.24, 2.45) is 0 Å². The first-order chi connectivity index (χ1) is 15.7. The van der Waals surface area contributed by atoms with Gasteiger partial charge in [-0.05, 0) is 48.0 Å². The minimum absolute atomic E-state index is 0. The zero-order chi connectivity index (χ0) is 21.9. The Morgan fingerprint density at radius 1 is 0.970 bits per heavy atom. The Labute approximate surface area is 196 Å². The number of pyridine rings is 2. The Hall–Kier alpha value is -4.23. The highest BCUT2D eigenvalue weighted by molar-refractivity contribution is 6.05. The Bertz CT molecular complexity index is 1400. The van der Waals surface area contributed by atoms with Crippen molar-refractivity contribution in [3.63, 3.8) is 0 Å². The van der Waals surface area contributed by atoms with Gasteiger partial charge in [0.25, 0.3) is 5.91 Å². The smallest absolute Gasteiger partial charge is 0.255 e. The Balaban J connectivity index is 0.00000259. The zero-order valence-corrected chi connectivity index (χ0v) is 18.5. The molecule has 0 aliphatic carbocycles. The van der Waals surface area contributed by atoms with Gasteiger partial charge < -0.3 is 15.0 Å². The number of anilines is 1. The number of carbonyl (C=O) groups is 1. The molecule has 8 heteroatoms. The predicted molar refractivity (Wildman–Crippen MR) is 131 cm³/mol. The van der Waals surface area contributed by atoms with E-state index < -0.39 is 0 Å². The molecule has 1 amide bonds. The monoisotopic (exact) mass is 457 g/mol. The molecular formula is C25H20ClN5O2. The van der Waals surface area contributed by atoms with Crippen molar-refractivity contribution in [1.29, 1.82) is 0 Å². The molecule has 164 valence electrons. The number of benzene rings is 2.